The number of halogens is 1. The van der Waals surface area contributed by atoms with Crippen molar-refractivity contribution in [2.75, 3.05) is 5.32 Å². The molecule has 0 aliphatic carbocycles. The Hall–Kier alpha value is -2.63. The molecule has 130 valence electrons. The van der Waals surface area contributed by atoms with E-state index in [4.69, 9.17) is 4.74 Å². The Morgan fingerprint density at radius 1 is 1.12 bits per heavy atom. The third-order valence-corrected chi connectivity index (χ3v) is 4.95. The van der Waals surface area contributed by atoms with Crippen molar-refractivity contribution in [2.45, 2.75) is 43.9 Å². The lowest BCUT2D eigenvalue weighted by molar-refractivity contribution is 0.0704. The lowest BCUT2D eigenvalue weighted by Crippen LogP contribution is -2.50. The number of aromatic nitrogens is 1. The number of amides is 2. The number of anilines is 1. The standard InChI is InChI=1S/C19H20FN3O2/c20-13-4-6-14(7-5-13)22-19(24)23-15-8-9-16(23)12-17(11-15)25-18-3-1-2-10-21-18/h1-7,10,15-17H,8-9,11-12H2,(H,22,24). The topological polar surface area (TPSA) is 54.5 Å². The number of urea groups is 1. The lowest BCUT2D eigenvalue weighted by atomic mass is 10.00. The molecular weight excluding hydrogens is 321 g/mol. The van der Waals surface area contributed by atoms with Crippen LogP contribution in [-0.2, 0) is 0 Å². The van der Waals surface area contributed by atoms with Crippen LogP contribution in [0.2, 0.25) is 0 Å². The summed E-state index contributed by atoms with van der Waals surface area (Å²) in [6, 6.07) is 11.7. The van der Waals surface area contributed by atoms with Crippen molar-refractivity contribution in [1.29, 1.82) is 0 Å². The Morgan fingerprint density at radius 3 is 2.48 bits per heavy atom. The fourth-order valence-electron chi connectivity index (χ4n) is 3.86. The van der Waals surface area contributed by atoms with E-state index in [0.29, 0.717) is 11.6 Å². The summed E-state index contributed by atoms with van der Waals surface area (Å²) in [7, 11) is 0. The molecule has 2 atom stereocenters. The van der Waals surface area contributed by atoms with Gasteiger partial charge in [0.25, 0.3) is 0 Å². The molecule has 1 aromatic carbocycles. The van der Waals surface area contributed by atoms with Crippen molar-refractivity contribution in [3.63, 3.8) is 0 Å². The second-order valence-electron chi connectivity index (χ2n) is 6.61. The summed E-state index contributed by atoms with van der Waals surface area (Å²) in [5, 5.41) is 2.87. The van der Waals surface area contributed by atoms with Crippen LogP contribution < -0.4 is 10.1 Å². The van der Waals surface area contributed by atoms with E-state index in [0.717, 1.165) is 25.7 Å². The van der Waals surface area contributed by atoms with Crippen molar-refractivity contribution in [1.82, 2.24) is 9.88 Å². The normalized spacial score (nSPS) is 24.8. The molecule has 2 amide bonds. The summed E-state index contributed by atoms with van der Waals surface area (Å²) in [5.74, 6) is 0.321. The summed E-state index contributed by atoms with van der Waals surface area (Å²) in [6.45, 7) is 0. The molecule has 2 saturated heterocycles. The fraction of sp³-hybridized carbons (Fsp3) is 0.368. The molecule has 2 aliphatic heterocycles. The molecule has 3 heterocycles. The number of nitrogens with one attached hydrogen (secondary N) is 1. The second kappa shape index (κ2) is 6.70. The van der Waals surface area contributed by atoms with Gasteiger partial charge in [0.2, 0.25) is 5.88 Å². The second-order valence-corrected chi connectivity index (χ2v) is 6.61. The van der Waals surface area contributed by atoms with Gasteiger partial charge in [-0.05, 0) is 43.2 Å². The van der Waals surface area contributed by atoms with Gasteiger partial charge >= 0.3 is 6.03 Å². The van der Waals surface area contributed by atoms with Crippen molar-refractivity contribution in [3.05, 3.63) is 54.5 Å². The average Bonchev–Trinajstić information content (AvgIpc) is 2.89. The summed E-state index contributed by atoms with van der Waals surface area (Å²) in [6.07, 6.45) is 5.40. The molecule has 1 aromatic heterocycles. The van der Waals surface area contributed by atoms with Gasteiger partial charge in [0.05, 0.1) is 0 Å². The Bertz CT molecular complexity index is 724. The van der Waals surface area contributed by atoms with Gasteiger partial charge < -0.3 is 15.0 Å². The van der Waals surface area contributed by atoms with E-state index in [1.54, 1.807) is 18.3 Å². The quantitative estimate of drug-likeness (QED) is 0.923. The van der Waals surface area contributed by atoms with Gasteiger partial charge in [0.15, 0.2) is 0 Å². The van der Waals surface area contributed by atoms with Crippen LogP contribution in [-0.4, -0.2) is 34.1 Å². The number of carbonyl (C=O) groups is 1. The summed E-state index contributed by atoms with van der Waals surface area (Å²) >= 11 is 0. The number of pyridine rings is 1. The van der Waals surface area contributed by atoms with Crippen LogP contribution in [0.5, 0.6) is 5.88 Å². The molecule has 0 spiro atoms. The number of ether oxygens (including phenoxy) is 1. The van der Waals surface area contributed by atoms with E-state index in [9.17, 15) is 9.18 Å². The number of fused-ring (bicyclic) bond motifs is 2. The number of benzene rings is 1. The highest BCUT2D eigenvalue weighted by atomic mass is 19.1. The Morgan fingerprint density at radius 2 is 1.84 bits per heavy atom. The number of nitrogens with zero attached hydrogens (tertiary/aromatic N) is 2. The van der Waals surface area contributed by atoms with Crippen LogP contribution in [0.25, 0.3) is 0 Å². The van der Waals surface area contributed by atoms with E-state index in [-0.39, 0.29) is 30.0 Å². The zero-order valence-corrected chi connectivity index (χ0v) is 13.8. The summed E-state index contributed by atoms with van der Waals surface area (Å²) in [5.41, 5.74) is 0.609. The van der Waals surface area contributed by atoms with Gasteiger partial charge in [0, 0.05) is 42.9 Å². The smallest absolute Gasteiger partial charge is 0.322 e. The van der Waals surface area contributed by atoms with E-state index in [2.05, 4.69) is 10.3 Å². The van der Waals surface area contributed by atoms with Gasteiger partial charge in [-0.15, -0.1) is 0 Å². The highest BCUT2D eigenvalue weighted by Crippen LogP contribution is 2.37. The monoisotopic (exact) mass is 341 g/mol. The Kier molecular flexibility index (Phi) is 4.26. The minimum Gasteiger partial charge on any atom is -0.474 e. The first-order valence-electron chi connectivity index (χ1n) is 8.61. The highest BCUT2D eigenvalue weighted by molar-refractivity contribution is 5.90. The maximum Gasteiger partial charge on any atom is 0.322 e. The Balaban J connectivity index is 1.40. The summed E-state index contributed by atoms with van der Waals surface area (Å²) < 4.78 is 19.0. The molecule has 0 radical (unpaired) electrons. The minimum atomic E-state index is -0.314. The molecule has 0 saturated carbocycles. The molecule has 2 aromatic rings. The van der Waals surface area contributed by atoms with Gasteiger partial charge in [-0.1, -0.05) is 6.07 Å². The third-order valence-electron chi connectivity index (χ3n) is 4.95. The maximum absolute atomic E-state index is 13.0. The van der Waals surface area contributed by atoms with Gasteiger partial charge in [0.1, 0.15) is 11.9 Å². The van der Waals surface area contributed by atoms with Crippen molar-refractivity contribution in [2.24, 2.45) is 0 Å². The van der Waals surface area contributed by atoms with Crippen LogP contribution in [0.3, 0.4) is 0 Å². The maximum atomic E-state index is 13.0. The molecular formula is C19H20FN3O2. The van der Waals surface area contributed by atoms with Gasteiger partial charge in [-0.25, -0.2) is 14.2 Å². The zero-order chi connectivity index (χ0) is 17.2. The molecule has 25 heavy (non-hydrogen) atoms. The predicted molar refractivity (Wildman–Crippen MR) is 92.0 cm³/mol. The molecule has 2 bridgehead atoms. The number of rotatable bonds is 3. The predicted octanol–water partition coefficient (Wildman–Crippen LogP) is 3.83. The fourth-order valence-corrected chi connectivity index (χ4v) is 3.86. The molecule has 4 rings (SSSR count). The molecule has 2 fully saturated rings. The highest BCUT2D eigenvalue weighted by Gasteiger charge is 2.44. The first-order chi connectivity index (χ1) is 12.2. The number of piperidine rings is 1. The third kappa shape index (κ3) is 3.43. The molecule has 2 unspecified atom stereocenters. The molecule has 6 heteroatoms. The van der Waals surface area contributed by atoms with Crippen LogP contribution in [0.15, 0.2) is 48.7 Å². The van der Waals surface area contributed by atoms with Crippen molar-refractivity contribution >= 4 is 11.7 Å². The van der Waals surface area contributed by atoms with Crippen molar-refractivity contribution < 1.29 is 13.9 Å². The minimum absolute atomic E-state index is 0.0854. The van der Waals surface area contributed by atoms with E-state index in [1.807, 2.05) is 23.1 Å². The number of hydrogen-bond acceptors (Lipinski definition) is 3. The Labute approximate surface area is 145 Å². The SMILES string of the molecule is O=C(Nc1ccc(F)cc1)N1C2CCC1CC(Oc1ccccn1)C2. The number of carbonyl (C=O) groups excluding carboxylic acids is 1. The van der Waals surface area contributed by atoms with E-state index < -0.39 is 0 Å². The van der Waals surface area contributed by atoms with Crippen molar-refractivity contribution in [3.8, 4) is 5.88 Å². The average molecular weight is 341 g/mol. The molecule has 5 nitrogen and oxygen atoms in total. The van der Waals surface area contributed by atoms with Gasteiger partial charge in [-0.2, -0.15) is 0 Å². The first kappa shape index (κ1) is 15.9. The lowest BCUT2D eigenvalue weighted by Gasteiger charge is -2.38. The van der Waals surface area contributed by atoms with Crippen LogP contribution >= 0.6 is 0 Å². The number of hydrogen-bond donors (Lipinski definition) is 1. The molecule has 2 aliphatic rings. The van der Waals surface area contributed by atoms with Crippen LogP contribution in [0.1, 0.15) is 25.7 Å². The first-order valence-corrected chi connectivity index (χ1v) is 8.61. The zero-order valence-electron chi connectivity index (χ0n) is 13.8. The van der Waals surface area contributed by atoms with E-state index >= 15 is 0 Å². The molecule has 1 N–H and O–H groups in total. The largest absolute Gasteiger partial charge is 0.474 e. The summed E-state index contributed by atoms with van der Waals surface area (Å²) in [4.78, 5) is 18.8. The van der Waals surface area contributed by atoms with Crippen LogP contribution in [0, 0.1) is 5.82 Å². The van der Waals surface area contributed by atoms with Gasteiger partial charge in [-0.3, -0.25) is 0 Å². The van der Waals surface area contributed by atoms with E-state index in [1.165, 1.54) is 12.1 Å². The van der Waals surface area contributed by atoms with Crippen LogP contribution in [0.4, 0.5) is 14.9 Å².